The quantitative estimate of drug-likeness (QED) is 0.329. The standard InChI is InChI=1S/C21H36O4/c1-4-6-9-21(5-2)14-24-20(3,25-15-21)13-23-16-22-12-19-11-17-7-8-18(19)10-17/h7-8,17-19H,4-6,9-16H2,1-3H3. The molecule has 0 radical (unpaired) electrons. The summed E-state index contributed by atoms with van der Waals surface area (Å²) in [5.74, 6) is 1.58. The van der Waals surface area contributed by atoms with Crippen molar-refractivity contribution in [1.29, 1.82) is 0 Å². The fourth-order valence-corrected chi connectivity index (χ4v) is 4.43. The predicted octanol–water partition coefficient (Wildman–Crippen LogP) is 4.54. The van der Waals surface area contributed by atoms with Crippen LogP contribution >= 0.6 is 0 Å². The van der Waals surface area contributed by atoms with Gasteiger partial charge in [-0.2, -0.15) is 0 Å². The second-order valence-corrected chi connectivity index (χ2v) is 8.55. The topological polar surface area (TPSA) is 36.9 Å². The fraction of sp³-hybridized carbons (Fsp3) is 0.905. The second-order valence-electron chi connectivity index (χ2n) is 8.55. The van der Waals surface area contributed by atoms with Crippen LogP contribution in [0.5, 0.6) is 0 Å². The zero-order valence-corrected chi connectivity index (χ0v) is 16.3. The molecule has 3 atom stereocenters. The normalized spacial score (nSPS) is 40.0. The Morgan fingerprint density at radius 3 is 2.48 bits per heavy atom. The van der Waals surface area contributed by atoms with Gasteiger partial charge in [0.15, 0.2) is 5.79 Å². The van der Waals surface area contributed by atoms with Crippen molar-refractivity contribution >= 4 is 0 Å². The van der Waals surface area contributed by atoms with Crippen molar-refractivity contribution in [2.24, 2.45) is 23.2 Å². The van der Waals surface area contributed by atoms with Gasteiger partial charge in [0.2, 0.25) is 0 Å². The molecule has 25 heavy (non-hydrogen) atoms. The van der Waals surface area contributed by atoms with Crippen molar-refractivity contribution in [3.8, 4) is 0 Å². The molecular weight excluding hydrogens is 316 g/mol. The molecule has 0 aromatic carbocycles. The van der Waals surface area contributed by atoms with Gasteiger partial charge in [0.05, 0.1) is 19.8 Å². The summed E-state index contributed by atoms with van der Waals surface area (Å²) in [4.78, 5) is 0. The summed E-state index contributed by atoms with van der Waals surface area (Å²) < 4.78 is 23.6. The third-order valence-corrected chi connectivity index (χ3v) is 6.46. The molecule has 2 bridgehead atoms. The highest BCUT2D eigenvalue weighted by molar-refractivity contribution is 5.09. The van der Waals surface area contributed by atoms with Gasteiger partial charge in [-0.3, -0.25) is 0 Å². The molecule has 4 nitrogen and oxygen atoms in total. The van der Waals surface area contributed by atoms with Gasteiger partial charge in [-0.05, 0) is 50.4 Å². The van der Waals surface area contributed by atoms with E-state index >= 15 is 0 Å². The van der Waals surface area contributed by atoms with E-state index in [1.165, 1.54) is 32.1 Å². The molecule has 1 heterocycles. The van der Waals surface area contributed by atoms with Crippen LogP contribution in [0, 0.1) is 23.2 Å². The first-order chi connectivity index (χ1) is 12.1. The minimum atomic E-state index is -0.636. The number of rotatable bonds is 10. The van der Waals surface area contributed by atoms with Gasteiger partial charge in [-0.15, -0.1) is 0 Å². The number of allylic oxidation sites excluding steroid dienone is 2. The van der Waals surface area contributed by atoms with Crippen molar-refractivity contribution in [3.63, 3.8) is 0 Å². The van der Waals surface area contributed by atoms with Gasteiger partial charge in [-0.25, -0.2) is 0 Å². The lowest BCUT2D eigenvalue weighted by Gasteiger charge is -2.44. The highest BCUT2D eigenvalue weighted by Gasteiger charge is 2.41. The van der Waals surface area contributed by atoms with Crippen molar-refractivity contribution in [2.45, 2.75) is 65.1 Å². The maximum atomic E-state index is 6.08. The molecule has 1 saturated carbocycles. The summed E-state index contributed by atoms with van der Waals surface area (Å²) >= 11 is 0. The first kappa shape index (κ1) is 19.3. The number of unbranched alkanes of at least 4 members (excludes halogenated alkanes) is 1. The van der Waals surface area contributed by atoms with Crippen molar-refractivity contribution in [2.75, 3.05) is 33.2 Å². The third kappa shape index (κ3) is 4.85. The summed E-state index contributed by atoms with van der Waals surface area (Å²) in [6.07, 6.45) is 12.1. The van der Waals surface area contributed by atoms with Crippen LogP contribution in [0.3, 0.4) is 0 Å². The van der Waals surface area contributed by atoms with Crippen LogP contribution in [-0.4, -0.2) is 39.0 Å². The maximum absolute atomic E-state index is 6.08. The van der Waals surface area contributed by atoms with Crippen LogP contribution in [0.2, 0.25) is 0 Å². The second kappa shape index (κ2) is 8.51. The Bertz CT molecular complexity index is 439. The number of hydrogen-bond donors (Lipinski definition) is 0. The lowest BCUT2D eigenvalue weighted by Crippen LogP contribution is -2.50. The van der Waals surface area contributed by atoms with Gasteiger partial charge in [0.25, 0.3) is 0 Å². The molecule has 3 unspecified atom stereocenters. The lowest BCUT2D eigenvalue weighted by atomic mass is 9.81. The maximum Gasteiger partial charge on any atom is 0.189 e. The zero-order valence-electron chi connectivity index (χ0n) is 16.3. The summed E-state index contributed by atoms with van der Waals surface area (Å²) in [6.45, 7) is 9.54. The minimum Gasteiger partial charge on any atom is -0.355 e. The molecule has 1 saturated heterocycles. The van der Waals surface area contributed by atoms with E-state index in [1.807, 2.05) is 6.92 Å². The molecule has 0 spiro atoms. The Kier molecular flexibility index (Phi) is 6.59. The van der Waals surface area contributed by atoms with Crippen molar-refractivity contribution in [3.05, 3.63) is 12.2 Å². The van der Waals surface area contributed by atoms with E-state index in [1.54, 1.807) is 0 Å². The zero-order chi connectivity index (χ0) is 17.8. The Balaban J connectivity index is 1.31. The van der Waals surface area contributed by atoms with E-state index in [9.17, 15) is 0 Å². The van der Waals surface area contributed by atoms with Gasteiger partial charge in [-0.1, -0.05) is 38.8 Å². The van der Waals surface area contributed by atoms with Crippen molar-refractivity contribution in [1.82, 2.24) is 0 Å². The van der Waals surface area contributed by atoms with E-state index in [0.29, 0.717) is 19.3 Å². The SMILES string of the molecule is CCCCC1(CC)COC(C)(COCOCC2CC3C=CC2C3)OC1. The fourth-order valence-electron chi connectivity index (χ4n) is 4.43. The average molecular weight is 353 g/mol. The number of hydrogen-bond acceptors (Lipinski definition) is 4. The minimum absolute atomic E-state index is 0.182. The van der Waals surface area contributed by atoms with Gasteiger partial charge in [0, 0.05) is 5.41 Å². The largest absolute Gasteiger partial charge is 0.355 e. The Labute approximate surface area is 153 Å². The van der Waals surface area contributed by atoms with E-state index in [2.05, 4.69) is 26.0 Å². The van der Waals surface area contributed by atoms with Crippen LogP contribution in [0.25, 0.3) is 0 Å². The summed E-state index contributed by atoms with van der Waals surface area (Å²) in [5.41, 5.74) is 0.182. The van der Waals surface area contributed by atoms with Crippen LogP contribution < -0.4 is 0 Å². The summed E-state index contributed by atoms with van der Waals surface area (Å²) in [6, 6.07) is 0. The van der Waals surface area contributed by atoms with Gasteiger partial charge in [0.1, 0.15) is 13.4 Å². The highest BCUT2D eigenvalue weighted by atomic mass is 16.7. The predicted molar refractivity (Wildman–Crippen MR) is 98.2 cm³/mol. The third-order valence-electron chi connectivity index (χ3n) is 6.46. The van der Waals surface area contributed by atoms with Gasteiger partial charge < -0.3 is 18.9 Å². The molecule has 4 heteroatoms. The van der Waals surface area contributed by atoms with Crippen LogP contribution in [-0.2, 0) is 18.9 Å². The number of ether oxygens (including phenoxy) is 4. The highest BCUT2D eigenvalue weighted by Crippen LogP contribution is 2.43. The molecule has 0 aromatic rings. The van der Waals surface area contributed by atoms with E-state index < -0.39 is 5.79 Å². The first-order valence-electron chi connectivity index (χ1n) is 10.2. The molecule has 3 aliphatic rings. The summed E-state index contributed by atoms with van der Waals surface area (Å²) in [7, 11) is 0. The van der Waals surface area contributed by atoms with Crippen LogP contribution in [0.15, 0.2) is 12.2 Å². The summed E-state index contributed by atoms with van der Waals surface area (Å²) in [5, 5.41) is 0. The van der Waals surface area contributed by atoms with Gasteiger partial charge >= 0.3 is 0 Å². The monoisotopic (exact) mass is 352 g/mol. The molecule has 0 N–H and O–H groups in total. The Morgan fingerprint density at radius 2 is 1.88 bits per heavy atom. The smallest absolute Gasteiger partial charge is 0.189 e. The molecule has 144 valence electrons. The Morgan fingerprint density at radius 1 is 1.08 bits per heavy atom. The molecular formula is C21H36O4. The van der Waals surface area contributed by atoms with Crippen LogP contribution in [0.4, 0.5) is 0 Å². The number of fused-ring (bicyclic) bond motifs is 2. The first-order valence-corrected chi connectivity index (χ1v) is 10.2. The molecule has 2 fully saturated rings. The lowest BCUT2D eigenvalue weighted by molar-refractivity contribution is -0.317. The Hall–Kier alpha value is -0.420. The molecule has 2 aliphatic carbocycles. The molecule has 3 rings (SSSR count). The average Bonchev–Trinajstić information content (AvgIpc) is 3.25. The molecule has 0 aromatic heterocycles. The van der Waals surface area contributed by atoms with Crippen LogP contribution in [0.1, 0.15) is 59.3 Å². The molecule has 0 amide bonds. The van der Waals surface area contributed by atoms with E-state index in [0.717, 1.165) is 38.1 Å². The van der Waals surface area contributed by atoms with E-state index in [4.69, 9.17) is 18.9 Å². The van der Waals surface area contributed by atoms with E-state index in [-0.39, 0.29) is 5.41 Å². The van der Waals surface area contributed by atoms with Crippen molar-refractivity contribution < 1.29 is 18.9 Å². The molecule has 1 aliphatic heterocycles.